The van der Waals surface area contributed by atoms with Crippen molar-refractivity contribution >= 4 is 0 Å². The third-order valence-corrected chi connectivity index (χ3v) is 3.52. The number of nitrogens with two attached hydrogens (primary N) is 1. The average molecular weight is 200 g/mol. The minimum atomic E-state index is 0.315. The van der Waals surface area contributed by atoms with E-state index in [1.54, 1.807) is 0 Å². The molecule has 82 valence electrons. The van der Waals surface area contributed by atoms with Crippen molar-refractivity contribution in [3.63, 3.8) is 0 Å². The van der Waals surface area contributed by atoms with Crippen LogP contribution in [0.25, 0.3) is 0 Å². The van der Waals surface area contributed by atoms with Crippen molar-refractivity contribution in [2.45, 2.75) is 0 Å². The van der Waals surface area contributed by atoms with Crippen LogP contribution >= 0.6 is 0 Å². The number of hydrogen-bond donors (Lipinski definition) is 2. The maximum atomic E-state index is 9.31. The van der Waals surface area contributed by atoms with Gasteiger partial charge in [0.1, 0.15) is 0 Å². The zero-order valence-electron chi connectivity index (χ0n) is 8.56. The van der Waals surface area contributed by atoms with Crippen LogP contribution in [0.1, 0.15) is 0 Å². The molecule has 2 aliphatic heterocycles. The van der Waals surface area contributed by atoms with E-state index in [1.165, 1.54) is 0 Å². The molecule has 4 nitrogen and oxygen atoms in total. The summed E-state index contributed by atoms with van der Waals surface area (Å²) in [6.07, 6.45) is 0. The number of aliphatic hydroxyl groups excluding tert-OH is 1. The second-order valence-electron chi connectivity index (χ2n) is 4.45. The maximum absolute atomic E-state index is 9.31. The molecule has 4 heteroatoms. The molecular formula is C10H20N2O2. The van der Waals surface area contributed by atoms with Crippen LogP contribution in [0, 0.1) is 17.8 Å². The van der Waals surface area contributed by atoms with Crippen LogP contribution in [0.5, 0.6) is 0 Å². The standard InChI is InChI=1S/C10H20N2O2/c11-1-2-12-3-8-6-14-7-9(4-12)10(8)5-13/h8-10,13H,1-7,11H2. The van der Waals surface area contributed by atoms with E-state index in [4.69, 9.17) is 10.5 Å². The number of aliphatic hydroxyl groups is 1. The number of hydrogen-bond acceptors (Lipinski definition) is 4. The highest BCUT2D eigenvalue weighted by Gasteiger charge is 2.39. The second kappa shape index (κ2) is 4.57. The topological polar surface area (TPSA) is 58.7 Å². The second-order valence-corrected chi connectivity index (χ2v) is 4.45. The SMILES string of the molecule is NCCN1CC2COCC(C1)C2CO. The van der Waals surface area contributed by atoms with Gasteiger partial charge in [0, 0.05) is 44.6 Å². The number of piperidine rings is 1. The fourth-order valence-corrected chi connectivity index (χ4v) is 2.78. The number of fused-ring (bicyclic) bond motifs is 2. The van der Waals surface area contributed by atoms with Crippen LogP contribution in [0.2, 0.25) is 0 Å². The quantitative estimate of drug-likeness (QED) is 0.622. The Kier molecular flexibility index (Phi) is 3.38. The molecule has 0 aromatic heterocycles. The lowest BCUT2D eigenvalue weighted by Crippen LogP contribution is -2.54. The molecule has 0 saturated carbocycles. The van der Waals surface area contributed by atoms with E-state index in [9.17, 15) is 5.11 Å². The Morgan fingerprint density at radius 3 is 2.43 bits per heavy atom. The van der Waals surface area contributed by atoms with Gasteiger partial charge in [-0.3, -0.25) is 0 Å². The summed E-state index contributed by atoms with van der Waals surface area (Å²) in [5.41, 5.74) is 5.55. The van der Waals surface area contributed by atoms with Gasteiger partial charge in [-0.15, -0.1) is 0 Å². The van der Waals surface area contributed by atoms with Gasteiger partial charge in [0.2, 0.25) is 0 Å². The molecule has 0 amide bonds. The Morgan fingerprint density at radius 2 is 1.93 bits per heavy atom. The fourth-order valence-electron chi connectivity index (χ4n) is 2.78. The molecule has 2 bridgehead atoms. The molecule has 0 aromatic rings. The maximum Gasteiger partial charge on any atom is 0.0510 e. The highest BCUT2D eigenvalue weighted by Crippen LogP contribution is 2.32. The third-order valence-electron chi connectivity index (χ3n) is 3.52. The molecule has 2 aliphatic rings. The van der Waals surface area contributed by atoms with Crippen LogP contribution in [0.15, 0.2) is 0 Å². The summed E-state index contributed by atoms with van der Waals surface area (Å²) in [5, 5.41) is 9.31. The van der Waals surface area contributed by atoms with Gasteiger partial charge in [-0.05, 0) is 5.92 Å². The molecule has 14 heavy (non-hydrogen) atoms. The smallest absolute Gasteiger partial charge is 0.0510 e. The van der Waals surface area contributed by atoms with Gasteiger partial charge in [-0.1, -0.05) is 0 Å². The lowest BCUT2D eigenvalue weighted by molar-refractivity contribution is -0.0963. The Balaban J connectivity index is 1.97. The summed E-state index contributed by atoms with van der Waals surface area (Å²) < 4.78 is 5.53. The largest absolute Gasteiger partial charge is 0.396 e. The predicted octanol–water partition coefficient (Wildman–Crippen LogP) is -0.868. The normalized spacial score (nSPS) is 38.6. The highest BCUT2D eigenvalue weighted by molar-refractivity contribution is 4.89. The first-order chi connectivity index (χ1) is 6.85. The number of nitrogens with zero attached hydrogens (tertiary/aromatic N) is 1. The molecule has 0 spiro atoms. The van der Waals surface area contributed by atoms with E-state index in [0.717, 1.165) is 39.4 Å². The van der Waals surface area contributed by atoms with Gasteiger partial charge < -0.3 is 20.5 Å². The molecule has 2 fully saturated rings. The average Bonchev–Trinajstić information content (AvgIpc) is 2.17. The van der Waals surface area contributed by atoms with Crippen LogP contribution in [0.4, 0.5) is 0 Å². The number of ether oxygens (including phenoxy) is 1. The molecule has 0 aliphatic carbocycles. The third kappa shape index (κ3) is 1.93. The Labute approximate surface area is 85.0 Å². The zero-order chi connectivity index (χ0) is 9.97. The minimum Gasteiger partial charge on any atom is -0.396 e. The molecule has 3 N–H and O–H groups in total. The molecule has 2 heterocycles. The van der Waals surface area contributed by atoms with Crippen molar-refractivity contribution in [3.8, 4) is 0 Å². The molecule has 2 atom stereocenters. The highest BCUT2D eigenvalue weighted by atomic mass is 16.5. The van der Waals surface area contributed by atoms with Crippen LogP contribution < -0.4 is 5.73 Å². The summed E-state index contributed by atoms with van der Waals surface area (Å²) in [6.45, 7) is 5.72. The first-order valence-corrected chi connectivity index (χ1v) is 5.46. The van der Waals surface area contributed by atoms with Gasteiger partial charge in [0.15, 0.2) is 0 Å². The van der Waals surface area contributed by atoms with Crippen molar-refractivity contribution in [2.75, 3.05) is 46.0 Å². The van der Waals surface area contributed by atoms with Gasteiger partial charge >= 0.3 is 0 Å². The lowest BCUT2D eigenvalue weighted by Gasteiger charge is -2.46. The predicted molar refractivity (Wildman–Crippen MR) is 53.9 cm³/mol. The zero-order valence-corrected chi connectivity index (χ0v) is 8.56. The van der Waals surface area contributed by atoms with Crippen molar-refractivity contribution in [3.05, 3.63) is 0 Å². The molecule has 2 unspecified atom stereocenters. The van der Waals surface area contributed by atoms with Crippen LogP contribution in [-0.2, 0) is 4.74 Å². The van der Waals surface area contributed by atoms with Crippen molar-refractivity contribution in [1.82, 2.24) is 4.90 Å². The minimum absolute atomic E-state index is 0.315. The van der Waals surface area contributed by atoms with Crippen molar-refractivity contribution in [1.29, 1.82) is 0 Å². The van der Waals surface area contributed by atoms with E-state index in [-0.39, 0.29) is 0 Å². The van der Waals surface area contributed by atoms with E-state index >= 15 is 0 Å². The Hall–Kier alpha value is -0.160. The molecule has 2 rings (SSSR count). The summed E-state index contributed by atoms with van der Waals surface area (Å²) >= 11 is 0. The van der Waals surface area contributed by atoms with Crippen LogP contribution in [-0.4, -0.2) is 56.0 Å². The number of likely N-dealkylation sites (tertiary alicyclic amines) is 1. The van der Waals surface area contributed by atoms with E-state index < -0.39 is 0 Å². The first-order valence-electron chi connectivity index (χ1n) is 5.46. The number of rotatable bonds is 3. The fraction of sp³-hybridized carbons (Fsp3) is 1.00. The lowest BCUT2D eigenvalue weighted by atomic mass is 9.77. The van der Waals surface area contributed by atoms with Crippen LogP contribution in [0.3, 0.4) is 0 Å². The van der Waals surface area contributed by atoms with Gasteiger partial charge in [-0.2, -0.15) is 0 Å². The first kappa shape index (κ1) is 10.4. The monoisotopic (exact) mass is 200 g/mol. The Morgan fingerprint density at radius 1 is 1.29 bits per heavy atom. The summed E-state index contributed by atoms with van der Waals surface area (Å²) in [6, 6.07) is 0. The van der Waals surface area contributed by atoms with Gasteiger partial charge in [-0.25, -0.2) is 0 Å². The van der Waals surface area contributed by atoms with E-state index in [1.807, 2.05) is 0 Å². The summed E-state index contributed by atoms with van der Waals surface area (Å²) in [7, 11) is 0. The molecule has 0 aromatic carbocycles. The van der Waals surface area contributed by atoms with Crippen molar-refractivity contribution < 1.29 is 9.84 Å². The molecule has 2 saturated heterocycles. The van der Waals surface area contributed by atoms with E-state index in [2.05, 4.69) is 4.90 Å². The van der Waals surface area contributed by atoms with Crippen molar-refractivity contribution in [2.24, 2.45) is 23.5 Å². The van der Waals surface area contributed by atoms with Gasteiger partial charge in [0.25, 0.3) is 0 Å². The molecular weight excluding hydrogens is 180 g/mol. The van der Waals surface area contributed by atoms with E-state index in [0.29, 0.717) is 24.4 Å². The Bertz CT molecular complexity index is 175. The summed E-state index contributed by atoms with van der Waals surface area (Å²) in [4.78, 5) is 2.41. The summed E-state index contributed by atoms with van der Waals surface area (Å²) in [5.74, 6) is 1.48. The van der Waals surface area contributed by atoms with Gasteiger partial charge in [0.05, 0.1) is 13.2 Å². The molecule has 0 radical (unpaired) electrons.